The SMILES string of the molecule is CCNC(=NCCCCSC)NCCc1ccc(NC(C)=O)cc1.I. The van der Waals surface area contributed by atoms with Gasteiger partial charge in [-0.25, -0.2) is 0 Å². The van der Waals surface area contributed by atoms with E-state index in [1.807, 2.05) is 36.0 Å². The highest BCUT2D eigenvalue weighted by molar-refractivity contribution is 14.0. The van der Waals surface area contributed by atoms with E-state index in [4.69, 9.17) is 0 Å². The van der Waals surface area contributed by atoms with Crippen molar-refractivity contribution in [1.29, 1.82) is 0 Å². The summed E-state index contributed by atoms with van der Waals surface area (Å²) >= 11 is 1.88. The van der Waals surface area contributed by atoms with Crippen LogP contribution in [0.2, 0.25) is 0 Å². The number of thioether (sulfide) groups is 1. The number of amides is 1. The Labute approximate surface area is 173 Å². The van der Waals surface area contributed by atoms with E-state index >= 15 is 0 Å². The standard InChI is InChI=1S/C18H30N4OS.HI/c1-4-19-18(20-12-5-6-14-24-3)21-13-11-16-7-9-17(10-8-16)22-15(2)23;/h7-10H,4-6,11-14H2,1-3H3,(H,22,23)(H2,19,20,21);1H. The molecule has 1 rings (SSSR count). The molecule has 0 fully saturated rings. The van der Waals surface area contributed by atoms with Gasteiger partial charge in [0.1, 0.15) is 0 Å². The summed E-state index contributed by atoms with van der Waals surface area (Å²) < 4.78 is 0. The van der Waals surface area contributed by atoms with Gasteiger partial charge in [0.25, 0.3) is 0 Å². The number of unbranched alkanes of at least 4 members (excludes halogenated alkanes) is 1. The molecule has 1 aromatic rings. The fourth-order valence-electron chi connectivity index (χ4n) is 2.17. The lowest BCUT2D eigenvalue weighted by Gasteiger charge is -2.11. The van der Waals surface area contributed by atoms with E-state index in [0.29, 0.717) is 0 Å². The van der Waals surface area contributed by atoms with Crippen molar-refractivity contribution < 1.29 is 4.79 Å². The van der Waals surface area contributed by atoms with E-state index in [1.54, 1.807) is 0 Å². The molecule has 0 aliphatic heterocycles. The molecule has 0 spiro atoms. The summed E-state index contributed by atoms with van der Waals surface area (Å²) in [4.78, 5) is 15.6. The molecule has 1 aromatic carbocycles. The third-order valence-corrected chi connectivity index (χ3v) is 4.05. The van der Waals surface area contributed by atoms with Gasteiger partial charge < -0.3 is 16.0 Å². The monoisotopic (exact) mass is 478 g/mol. The van der Waals surface area contributed by atoms with Crippen molar-refractivity contribution in [2.75, 3.05) is 37.0 Å². The highest BCUT2D eigenvalue weighted by atomic mass is 127. The first-order valence-electron chi connectivity index (χ1n) is 8.53. The van der Waals surface area contributed by atoms with Crippen LogP contribution in [-0.4, -0.2) is 43.5 Å². The summed E-state index contributed by atoms with van der Waals surface area (Å²) in [5.74, 6) is 2.04. The Kier molecular flexibility index (Phi) is 14.7. The second kappa shape index (κ2) is 15.3. The first-order valence-corrected chi connectivity index (χ1v) is 9.92. The predicted molar refractivity (Wildman–Crippen MR) is 121 cm³/mol. The molecule has 0 radical (unpaired) electrons. The zero-order valence-electron chi connectivity index (χ0n) is 15.4. The van der Waals surface area contributed by atoms with E-state index in [0.717, 1.165) is 44.1 Å². The molecule has 0 atom stereocenters. The topological polar surface area (TPSA) is 65.5 Å². The molecule has 3 N–H and O–H groups in total. The van der Waals surface area contributed by atoms with Gasteiger partial charge in [-0.05, 0) is 55.9 Å². The van der Waals surface area contributed by atoms with Crippen LogP contribution in [0.25, 0.3) is 0 Å². The van der Waals surface area contributed by atoms with Crippen LogP contribution >= 0.6 is 35.7 Å². The number of nitrogens with zero attached hydrogens (tertiary/aromatic N) is 1. The lowest BCUT2D eigenvalue weighted by atomic mass is 10.1. The van der Waals surface area contributed by atoms with Crippen molar-refractivity contribution in [3.05, 3.63) is 29.8 Å². The second-order valence-corrected chi connectivity index (χ2v) is 6.50. The maximum absolute atomic E-state index is 11.0. The van der Waals surface area contributed by atoms with Crippen LogP contribution in [0.5, 0.6) is 0 Å². The van der Waals surface area contributed by atoms with Gasteiger partial charge in [-0.1, -0.05) is 12.1 Å². The maximum Gasteiger partial charge on any atom is 0.221 e. The number of nitrogens with one attached hydrogen (secondary N) is 3. The number of carbonyl (C=O) groups is 1. The summed E-state index contributed by atoms with van der Waals surface area (Å²) in [7, 11) is 0. The molecule has 0 saturated carbocycles. The van der Waals surface area contributed by atoms with Crippen LogP contribution in [-0.2, 0) is 11.2 Å². The first-order chi connectivity index (χ1) is 11.7. The number of hydrogen-bond acceptors (Lipinski definition) is 3. The molecule has 0 aliphatic rings. The Hall–Kier alpha value is -0.960. The summed E-state index contributed by atoms with van der Waals surface area (Å²) in [5.41, 5.74) is 2.06. The summed E-state index contributed by atoms with van der Waals surface area (Å²) in [6.45, 7) is 6.14. The Bertz CT molecular complexity index is 508. The van der Waals surface area contributed by atoms with E-state index < -0.39 is 0 Å². The minimum atomic E-state index is -0.0477. The number of halogens is 1. The number of hydrogen-bond donors (Lipinski definition) is 3. The van der Waals surface area contributed by atoms with E-state index in [2.05, 4.69) is 34.1 Å². The third kappa shape index (κ3) is 12.1. The molecule has 0 unspecified atom stereocenters. The van der Waals surface area contributed by atoms with Crippen LogP contribution in [0.15, 0.2) is 29.3 Å². The van der Waals surface area contributed by atoms with Crippen molar-refractivity contribution in [2.24, 2.45) is 4.99 Å². The summed E-state index contributed by atoms with van der Waals surface area (Å²) in [6, 6.07) is 7.95. The summed E-state index contributed by atoms with van der Waals surface area (Å²) in [6.07, 6.45) is 5.39. The van der Waals surface area contributed by atoms with Gasteiger partial charge in [-0.3, -0.25) is 9.79 Å². The predicted octanol–water partition coefficient (Wildman–Crippen LogP) is 3.50. The molecule has 0 saturated heterocycles. The molecule has 0 aliphatic carbocycles. The average Bonchev–Trinajstić information content (AvgIpc) is 2.55. The van der Waals surface area contributed by atoms with E-state index in [9.17, 15) is 4.79 Å². The highest BCUT2D eigenvalue weighted by Crippen LogP contribution is 2.09. The van der Waals surface area contributed by atoms with Gasteiger partial charge in [-0.15, -0.1) is 24.0 Å². The van der Waals surface area contributed by atoms with Crippen molar-refractivity contribution in [3.63, 3.8) is 0 Å². The van der Waals surface area contributed by atoms with Crippen molar-refractivity contribution in [1.82, 2.24) is 10.6 Å². The molecule has 0 aromatic heterocycles. The molecule has 25 heavy (non-hydrogen) atoms. The molecule has 5 nitrogen and oxygen atoms in total. The lowest BCUT2D eigenvalue weighted by molar-refractivity contribution is -0.114. The van der Waals surface area contributed by atoms with Crippen molar-refractivity contribution >= 4 is 53.3 Å². The molecule has 0 bridgehead atoms. The van der Waals surface area contributed by atoms with Crippen LogP contribution < -0.4 is 16.0 Å². The smallest absolute Gasteiger partial charge is 0.221 e. The van der Waals surface area contributed by atoms with Gasteiger partial charge in [0.2, 0.25) is 5.91 Å². The Morgan fingerprint density at radius 1 is 1.16 bits per heavy atom. The summed E-state index contributed by atoms with van der Waals surface area (Å²) in [5, 5.41) is 9.42. The molecule has 7 heteroatoms. The Morgan fingerprint density at radius 3 is 2.48 bits per heavy atom. The zero-order valence-corrected chi connectivity index (χ0v) is 18.6. The second-order valence-electron chi connectivity index (χ2n) is 5.52. The molecular weight excluding hydrogens is 447 g/mol. The molecular formula is C18H31IN4OS. The van der Waals surface area contributed by atoms with Crippen LogP contribution in [0, 0.1) is 0 Å². The highest BCUT2D eigenvalue weighted by Gasteiger charge is 1.99. The minimum absolute atomic E-state index is 0. The lowest BCUT2D eigenvalue weighted by Crippen LogP contribution is -2.38. The van der Waals surface area contributed by atoms with Gasteiger partial charge in [-0.2, -0.15) is 11.8 Å². The number of carbonyl (C=O) groups excluding carboxylic acids is 1. The maximum atomic E-state index is 11.0. The quantitative estimate of drug-likeness (QED) is 0.209. The van der Waals surface area contributed by atoms with Gasteiger partial charge >= 0.3 is 0 Å². The molecule has 142 valence electrons. The van der Waals surface area contributed by atoms with Crippen molar-refractivity contribution in [2.45, 2.75) is 33.1 Å². The normalized spacial score (nSPS) is 10.8. The third-order valence-electron chi connectivity index (χ3n) is 3.35. The number of benzene rings is 1. The largest absolute Gasteiger partial charge is 0.357 e. The van der Waals surface area contributed by atoms with E-state index in [-0.39, 0.29) is 29.9 Å². The van der Waals surface area contributed by atoms with Crippen molar-refractivity contribution in [3.8, 4) is 0 Å². The Morgan fingerprint density at radius 2 is 1.88 bits per heavy atom. The Balaban J connectivity index is 0.00000576. The van der Waals surface area contributed by atoms with E-state index in [1.165, 1.54) is 24.7 Å². The molecule has 1 amide bonds. The van der Waals surface area contributed by atoms with Crippen LogP contribution in [0.1, 0.15) is 32.3 Å². The number of aliphatic imine (C=N–C) groups is 1. The average molecular weight is 478 g/mol. The van der Waals surface area contributed by atoms with Gasteiger partial charge in [0.05, 0.1) is 0 Å². The number of guanidine groups is 1. The van der Waals surface area contributed by atoms with Gasteiger partial charge in [0.15, 0.2) is 5.96 Å². The molecule has 0 heterocycles. The van der Waals surface area contributed by atoms with Crippen LogP contribution in [0.3, 0.4) is 0 Å². The van der Waals surface area contributed by atoms with Gasteiger partial charge in [0, 0.05) is 32.2 Å². The fraction of sp³-hybridized carbons (Fsp3) is 0.556. The number of anilines is 1. The fourth-order valence-corrected chi connectivity index (χ4v) is 2.67. The number of rotatable bonds is 10. The van der Waals surface area contributed by atoms with Crippen LogP contribution in [0.4, 0.5) is 5.69 Å². The first kappa shape index (κ1) is 24.0. The zero-order chi connectivity index (χ0) is 17.6. The minimum Gasteiger partial charge on any atom is -0.357 e.